The molecule has 0 aliphatic rings. The van der Waals surface area contributed by atoms with E-state index in [2.05, 4.69) is 0 Å². The number of hydrogen-bond acceptors (Lipinski definition) is 4. The molecule has 0 unspecified atom stereocenters. The van der Waals surface area contributed by atoms with Gasteiger partial charge in [0, 0.05) is 17.5 Å². The lowest BCUT2D eigenvalue weighted by Crippen LogP contribution is -2.11. The van der Waals surface area contributed by atoms with E-state index in [1.807, 2.05) is 43.3 Å². The maximum atomic E-state index is 12.0. The second-order valence-electron chi connectivity index (χ2n) is 5.73. The highest BCUT2D eigenvalue weighted by molar-refractivity contribution is 5.94. The molecule has 1 heterocycles. The number of rotatable bonds is 6. The van der Waals surface area contributed by atoms with Gasteiger partial charge in [-0.3, -0.25) is 0 Å². The molecule has 1 aromatic heterocycles. The van der Waals surface area contributed by atoms with E-state index in [4.69, 9.17) is 14.3 Å². The fourth-order valence-electron chi connectivity index (χ4n) is 2.83. The minimum atomic E-state index is -1.05. The van der Waals surface area contributed by atoms with Crippen molar-refractivity contribution in [3.05, 3.63) is 64.5 Å². The Kier molecular flexibility index (Phi) is 4.84. The van der Waals surface area contributed by atoms with E-state index in [0.717, 1.165) is 34.9 Å². The third-order valence-corrected chi connectivity index (χ3v) is 3.88. The zero-order valence-corrected chi connectivity index (χ0v) is 13.8. The van der Waals surface area contributed by atoms with Crippen LogP contribution in [0.1, 0.15) is 18.9 Å². The van der Waals surface area contributed by atoms with Gasteiger partial charge >= 0.3 is 11.6 Å². The number of carbonyl (C=O) groups is 1. The zero-order chi connectivity index (χ0) is 17.8. The van der Waals surface area contributed by atoms with Gasteiger partial charge in [0.25, 0.3) is 0 Å². The SMILES string of the molecule is CCCc1cc2c(-c3ccccc3)cc(=O)oc2cc1OCC(=O)O. The van der Waals surface area contributed by atoms with Crippen molar-refractivity contribution in [1.29, 1.82) is 0 Å². The molecule has 0 bridgehead atoms. The number of benzene rings is 2. The monoisotopic (exact) mass is 338 g/mol. The molecule has 5 heteroatoms. The van der Waals surface area contributed by atoms with E-state index < -0.39 is 18.2 Å². The highest BCUT2D eigenvalue weighted by Crippen LogP contribution is 2.33. The maximum absolute atomic E-state index is 12.0. The van der Waals surface area contributed by atoms with Crippen LogP contribution in [0.2, 0.25) is 0 Å². The van der Waals surface area contributed by atoms with Crippen molar-refractivity contribution < 1.29 is 19.1 Å². The maximum Gasteiger partial charge on any atom is 0.341 e. The van der Waals surface area contributed by atoms with Crippen LogP contribution in [-0.4, -0.2) is 17.7 Å². The van der Waals surface area contributed by atoms with Crippen molar-refractivity contribution in [2.75, 3.05) is 6.61 Å². The molecule has 0 saturated carbocycles. The minimum absolute atomic E-state index is 0.381. The van der Waals surface area contributed by atoms with Gasteiger partial charge in [-0.05, 0) is 29.2 Å². The Morgan fingerprint density at radius 2 is 1.92 bits per heavy atom. The van der Waals surface area contributed by atoms with Gasteiger partial charge in [-0.25, -0.2) is 9.59 Å². The summed E-state index contributed by atoms with van der Waals surface area (Å²) in [5, 5.41) is 9.65. The molecule has 25 heavy (non-hydrogen) atoms. The van der Waals surface area contributed by atoms with E-state index in [0.29, 0.717) is 11.3 Å². The van der Waals surface area contributed by atoms with Crippen LogP contribution in [0.3, 0.4) is 0 Å². The molecule has 0 aliphatic heterocycles. The predicted molar refractivity (Wildman–Crippen MR) is 95.0 cm³/mol. The van der Waals surface area contributed by atoms with Crippen LogP contribution in [-0.2, 0) is 11.2 Å². The van der Waals surface area contributed by atoms with Crippen LogP contribution in [0, 0.1) is 0 Å². The fraction of sp³-hybridized carbons (Fsp3) is 0.200. The Bertz CT molecular complexity index is 957. The smallest absolute Gasteiger partial charge is 0.341 e. The van der Waals surface area contributed by atoms with Gasteiger partial charge < -0.3 is 14.3 Å². The van der Waals surface area contributed by atoms with Crippen molar-refractivity contribution in [2.45, 2.75) is 19.8 Å². The van der Waals surface area contributed by atoms with Gasteiger partial charge in [-0.2, -0.15) is 0 Å². The number of ether oxygens (including phenoxy) is 1. The van der Waals surface area contributed by atoms with Gasteiger partial charge in [0.15, 0.2) is 6.61 Å². The van der Waals surface area contributed by atoms with Crippen molar-refractivity contribution in [3.63, 3.8) is 0 Å². The van der Waals surface area contributed by atoms with Gasteiger partial charge in [0.05, 0.1) is 0 Å². The number of carboxylic acids is 1. The molecular formula is C20H18O5. The van der Waals surface area contributed by atoms with E-state index >= 15 is 0 Å². The molecule has 0 atom stereocenters. The molecule has 2 aromatic carbocycles. The van der Waals surface area contributed by atoms with Crippen LogP contribution in [0.15, 0.2) is 57.7 Å². The number of aryl methyl sites for hydroxylation is 1. The van der Waals surface area contributed by atoms with Crippen LogP contribution >= 0.6 is 0 Å². The molecule has 128 valence electrons. The predicted octanol–water partition coefficient (Wildman–Crippen LogP) is 3.88. The Morgan fingerprint density at radius 3 is 2.60 bits per heavy atom. The Morgan fingerprint density at radius 1 is 1.16 bits per heavy atom. The average Bonchev–Trinajstić information content (AvgIpc) is 2.60. The van der Waals surface area contributed by atoms with Crippen molar-refractivity contribution in [3.8, 4) is 16.9 Å². The normalized spacial score (nSPS) is 10.8. The van der Waals surface area contributed by atoms with Crippen molar-refractivity contribution in [2.24, 2.45) is 0 Å². The topological polar surface area (TPSA) is 76.7 Å². The third-order valence-electron chi connectivity index (χ3n) is 3.88. The molecular weight excluding hydrogens is 320 g/mol. The summed E-state index contributed by atoms with van der Waals surface area (Å²) in [5.74, 6) is -0.618. The molecule has 0 radical (unpaired) electrons. The van der Waals surface area contributed by atoms with Crippen molar-refractivity contribution >= 4 is 16.9 Å². The van der Waals surface area contributed by atoms with Gasteiger partial charge in [0.1, 0.15) is 11.3 Å². The highest BCUT2D eigenvalue weighted by atomic mass is 16.5. The number of carboxylic acid groups (broad SMARTS) is 1. The molecule has 5 nitrogen and oxygen atoms in total. The van der Waals surface area contributed by atoms with E-state index in [1.165, 1.54) is 6.07 Å². The highest BCUT2D eigenvalue weighted by Gasteiger charge is 2.13. The van der Waals surface area contributed by atoms with Crippen LogP contribution < -0.4 is 10.4 Å². The van der Waals surface area contributed by atoms with Crippen LogP contribution in [0.25, 0.3) is 22.1 Å². The Labute approximate surface area is 144 Å². The van der Waals surface area contributed by atoms with Crippen LogP contribution in [0.5, 0.6) is 5.75 Å². The summed E-state index contributed by atoms with van der Waals surface area (Å²) >= 11 is 0. The summed E-state index contributed by atoms with van der Waals surface area (Å²) < 4.78 is 10.7. The molecule has 0 fully saturated rings. The molecule has 0 amide bonds. The zero-order valence-electron chi connectivity index (χ0n) is 13.8. The van der Waals surface area contributed by atoms with E-state index in [9.17, 15) is 9.59 Å². The molecule has 0 saturated heterocycles. The second-order valence-corrected chi connectivity index (χ2v) is 5.73. The first-order valence-corrected chi connectivity index (χ1v) is 8.09. The van der Waals surface area contributed by atoms with Crippen LogP contribution in [0.4, 0.5) is 0 Å². The Hall–Kier alpha value is -3.08. The molecule has 1 N–H and O–H groups in total. The summed E-state index contributed by atoms with van der Waals surface area (Å²) in [6.45, 7) is 1.60. The van der Waals surface area contributed by atoms with Gasteiger partial charge in [0.2, 0.25) is 0 Å². The first kappa shape index (κ1) is 16.8. The summed E-state index contributed by atoms with van der Waals surface area (Å²) in [6.07, 6.45) is 1.62. The Balaban J connectivity index is 2.21. The quantitative estimate of drug-likeness (QED) is 0.690. The number of hydrogen-bond donors (Lipinski definition) is 1. The molecule has 3 aromatic rings. The second kappa shape index (κ2) is 7.21. The summed E-state index contributed by atoms with van der Waals surface area (Å²) in [7, 11) is 0. The lowest BCUT2D eigenvalue weighted by atomic mass is 9.98. The number of aliphatic carboxylic acids is 1. The minimum Gasteiger partial charge on any atom is -0.481 e. The first-order chi connectivity index (χ1) is 12.1. The summed E-state index contributed by atoms with van der Waals surface area (Å²) in [6, 6.07) is 14.6. The van der Waals surface area contributed by atoms with E-state index in [1.54, 1.807) is 6.07 Å². The standard InChI is InChI=1S/C20H18O5/c1-2-6-14-9-16-15(13-7-4-3-5-8-13)10-20(23)25-18(16)11-17(14)24-12-19(21)22/h3-5,7-11H,2,6,12H2,1H3,(H,21,22). The summed E-state index contributed by atoms with van der Waals surface area (Å²) in [4.78, 5) is 22.8. The third kappa shape index (κ3) is 3.71. The molecule has 0 aliphatic carbocycles. The van der Waals surface area contributed by atoms with Gasteiger partial charge in [-0.15, -0.1) is 0 Å². The average molecular weight is 338 g/mol. The molecule has 3 rings (SSSR count). The van der Waals surface area contributed by atoms with E-state index in [-0.39, 0.29) is 0 Å². The lowest BCUT2D eigenvalue weighted by Gasteiger charge is -2.13. The first-order valence-electron chi connectivity index (χ1n) is 8.09. The number of fused-ring (bicyclic) bond motifs is 1. The molecule has 0 spiro atoms. The fourth-order valence-corrected chi connectivity index (χ4v) is 2.83. The lowest BCUT2D eigenvalue weighted by molar-refractivity contribution is -0.139. The largest absolute Gasteiger partial charge is 0.481 e. The summed E-state index contributed by atoms with van der Waals surface area (Å²) in [5.41, 5.74) is 2.52. The van der Waals surface area contributed by atoms with Crippen molar-refractivity contribution in [1.82, 2.24) is 0 Å². The van der Waals surface area contributed by atoms with Gasteiger partial charge in [-0.1, -0.05) is 43.7 Å².